The van der Waals surface area contributed by atoms with Crippen LogP contribution in [0.5, 0.6) is 0 Å². The molecule has 1 atom stereocenters. The van der Waals surface area contributed by atoms with Gasteiger partial charge in [-0.05, 0) is 31.9 Å². The van der Waals surface area contributed by atoms with Gasteiger partial charge in [-0.1, -0.05) is 38.5 Å². The molecule has 0 radical (unpaired) electrons. The molecule has 1 aromatic rings. The van der Waals surface area contributed by atoms with Crippen LogP contribution in [0.3, 0.4) is 0 Å². The van der Waals surface area contributed by atoms with Gasteiger partial charge in [-0.15, -0.1) is 0 Å². The summed E-state index contributed by atoms with van der Waals surface area (Å²) in [7, 11) is 0. The van der Waals surface area contributed by atoms with Crippen LogP contribution in [-0.4, -0.2) is 43.2 Å². The number of hydrogen-bond acceptors (Lipinski definition) is 2. The Kier molecular flexibility index (Phi) is 8.06. The number of quaternary nitrogens is 1. The van der Waals surface area contributed by atoms with E-state index in [0.29, 0.717) is 12.2 Å². The third-order valence-corrected chi connectivity index (χ3v) is 4.16. The van der Waals surface area contributed by atoms with E-state index in [4.69, 9.17) is 4.74 Å². The summed E-state index contributed by atoms with van der Waals surface area (Å²) in [6.07, 6.45) is 3.62. The van der Waals surface area contributed by atoms with Gasteiger partial charge in [0.15, 0.2) is 0 Å². The summed E-state index contributed by atoms with van der Waals surface area (Å²) in [6.45, 7) is 11.6. The zero-order valence-corrected chi connectivity index (χ0v) is 13.8. The largest absolute Gasteiger partial charge is 0.456 e. The third kappa shape index (κ3) is 5.88. The molecule has 118 valence electrons. The third-order valence-electron chi connectivity index (χ3n) is 4.16. The van der Waals surface area contributed by atoms with Crippen molar-refractivity contribution >= 4 is 5.97 Å². The standard InChI is InChI=1S/C18H30NO2/c1-4-7-14-19(6-3,13-5-2)15-16-21-18(20)17-11-9-8-10-12-17/h8-12H,4-7,13-16H2,1-3H3/q+1. The number of unbranched alkanes of at least 4 members (excludes halogenated alkanes) is 1. The fourth-order valence-corrected chi connectivity index (χ4v) is 2.77. The Balaban J connectivity index is 2.50. The van der Waals surface area contributed by atoms with E-state index in [0.717, 1.165) is 17.6 Å². The number of carbonyl (C=O) groups excluding carboxylic acids is 1. The number of likely N-dealkylation sites (N-methyl/N-ethyl adjacent to an activating group) is 1. The molecule has 21 heavy (non-hydrogen) atoms. The maximum atomic E-state index is 12.0. The summed E-state index contributed by atoms with van der Waals surface area (Å²) < 4.78 is 6.52. The van der Waals surface area contributed by atoms with Crippen LogP contribution in [0.25, 0.3) is 0 Å². The summed E-state index contributed by atoms with van der Waals surface area (Å²) >= 11 is 0. The first-order valence-electron chi connectivity index (χ1n) is 8.24. The fraction of sp³-hybridized carbons (Fsp3) is 0.611. The minimum atomic E-state index is -0.211. The molecular weight excluding hydrogens is 262 g/mol. The molecule has 3 heteroatoms. The Morgan fingerprint density at radius 3 is 2.29 bits per heavy atom. The van der Waals surface area contributed by atoms with E-state index in [1.54, 1.807) is 12.1 Å². The van der Waals surface area contributed by atoms with Crippen LogP contribution in [0.1, 0.15) is 50.4 Å². The summed E-state index contributed by atoms with van der Waals surface area (Å²) in [5.74, 6) is -0.211. The SMILES string of the molecule is CCCC[N+](CC)(CCC)CCOC(=O)c1ccccc1. The van der Waals surface area contributed by atoms with Gasteiger partial charge in [0.1, 0.15) is 13.2 Å². The lowest BCUT2D eigenvalue weighted by atomic mass is 10.2. The molecule has 0 amide bonds. The quantitative estimate of drug-likeness (QED) is 0.483. The van der Waals surface area contributed by atoms with Crippen LogP contribution in [0.4, 0.5) is 0 Å². The highest BCUT2D eigenvalue weighted by molar-refractivity contribution is 5.89. The lowest BCUT2D eigenvalue weighted by Crippen LogP contribution is -2.51. The molecule has 1 unspecified atom stereocenters. The van der Waals surface area contributed by atoms with E-state index >= 15 is 0 Å². The molecule has 0 aliphatic rings. The zero-order valence-electron chi connectivity index (χ0n) is 13.8. The van der Waals surface area contributed by atoms with Crippen molar-refractivity contribution in [2.45, 2.75) is 40.0 Å². The first-order chi connectivity index (χ1) is 10.2. The molecule has 0 saturated heterocycles. The molecule has 0 N–H and O–H groups in total. The first-order valence-corrected chi connectivity index (χ1v) is 8.24. The molecule has 0 saturated carbocycles. The van der Waals surface area contributed by atoms with Crippen LogP contribution in [0.15, 0.2) is 30.3 Å². The molecule has 0 aliphatic carbocycles. The molecule has 1 aromatic carbocycles. The van der Waals surface area contributed by atoms with Gasteiger partial charge in [-0.3, -0.25) is 0 Å². The lowest BCUT2D eigenvalue weighted by molar-refractivity contribution is -0.926. The number of carbonyl (C=O) groups is 1. The van der Waals surface area contributed by atoms with Crippen molar-refractivity contribution in [2.24, 2.45) is 0 Å². The predicted molar refractivity (Wildman–Crippen MR) is 87.3 cm³/mol. The first kappa shape index (κ1) is 17.7. The number of benzene rings is 1. The van der Waals surface area contributed by atoms with Crippen molar-refractivity contribution in [1.82, 2.24) is 0 Å². The highest BCUT2D eigenvalue weighted by atomic mass is 16.5. The summed E-state index contributed by atoms with van der Waals surface area (Å²) in [5, 5.41) is 0. The number of hydrogen-bond donors (Lipinski definition) is 0. The van der Waals surface area contributed by atoms with E-state index in [-0.39, 0.29) is 5.97 Å². The van der Waals surface area contributed by atoms with Crippen molar-refractivity contribution < 1.29 is 14.0 Å². The molecular formula is C18H30NO2+. The van der Waals surface area contributed by atoms with Crippen molar-refractivity contribution in [3.8, 4) is 0 Å². The molecule has 0 aromatic heterocycles. The van der Waals surface area contributed by atoms with E-state index in [9.17, 15) is 4.79 Å². The van der Waals surface area contributed by atoms with Crippen molar-refractivity contribution in [1.29, 1.82) is 0 Å². The number of esters is 1. The second-order valence-corrected chi connectivity index (χ2v) is 5.68. The maximum absolute atomic E-state index is 12.0. The topological polar surface area (TPSA) is 26.3 Å². The minimum Gasteiger partial charge on any atom is -0.456 e. The van der Waals surface area contributed by atoms with E-state index in [1.165, 1.54) is 32.4 Å². The van der Waals surface area contributed by atoms with Crippen LogP contribution in [0.2, 0.25) is 0 Å². The second-order valence-electron chi connectivity index (χ2n) is 5.68. The van der Waals surface area contributed by atoms with Gasteiger partial charge in [0.2, 0.25) is 0 Å². The normalized spacial score (nSPS) is 13.7. The Labute approximate surface area is 129 Å². The van der Waals surface area contributed by atoms with Crippen molar-refractivity contribution in [3.63, 3.8) is 0 Å². The molecule has 0 fully saturated rings. The van der Waals surface area contributed by atoms with Gasteiger partial charge in [0, 0.05) is 0 Å². The number of ether oxygens (including phenoxy) is 1. The molecule has 0 bridgehead atoms. The Bertz CT molecular complexity index is 405. The Hall–Kier alpha value is -1.35. The fourth-order valence-electron chi connectivity index (χ4n) is 2.77. The molecule has 0 aliphatic heterocycles. The highest BCUT2D eigenvalue weighted by Crippen LogP contribution is 2.11. The second kappa shape index (κ2) is 9.56. The van der Waals surface area contributed by atoms with Gasteiger partial charge in [-0.25, -0.2) is 4.79 Å². The van der Waals surface area contributed by atoms with Crippen molar-refractivity contribution in [3.05, 3.63) is 35.9 Å². The maximum Gasteiger partial charge on any atom is 0.338 e. The van der Waals surface area contributed by atoms with Crippen molar-refractivity contribution in [2.75, 3.05) is 32.8 Å². The lowest BCUT2D eigenvalue weighted by Gasteiger charge is -2.37. The van der Waals surface area contributed by atoms with Crippen LogP contribution in [-0.2, 0) is 4.74 Å². The van der Waals surface area contributed by atoms with Crippen LogP contribution < -0.4 is 0 Å². The Morgan fingerprint density at radius 1 is 1.00 bits per heavy atom. The molecule has 0 spiro atoms. The van der Waals surface area contributed by atoms with Gasteiger partial charge >= 0.3 is 5.97 Å². The number of rotatable bonds is 10. The van der Waals surface area contributed by atoms with Gasteiger partial charge in [0.25, 0.3) is 0 Å². The summed E-state index contributed by atoms with van der Waals surface area (Å²) in [5.41, 5.74) is 0.635. The van der Waals surface area contributed by atoms with Crippen LogP contribution in [0, 0.1) is 0 Å². The highest BCUT2D eigenvalue weighted by Gasteiger charge is 2.24. The molecule has 3 nitrogen and oxygen atoms in total. The average molecular weight is 292 g/mol. The Morgan fingerprint density at radius 2 is 1.71 bits per heavy atom. The van der Waals surface area contributed by atoms with E-state index in [2.05, 4.69) is 20.8 Å². The molecule has 1 rings (SSSR count). The predicted octanol–water partition coefficient (Wildman–Crippen LogP) is 3.89. The van der Waals surface area contributed by atoms with E-state index in [1.807, 2.05) is 18.2 Å². The monoisotopic (exact) mass is 292 g/mol. The average Bonchev–Trinajstić information content (AvgIpc) is 2.53. The summed E-state index contributed by atoms with van der Waals surface area (Å²) in [6, 6.07) is 9.23. The van der Waals surface area contributed by atoms with Gasteiger partial charge < -0.3 is 9.22 Å². The van der Waals surface area contributed by atoms with Gasteiger partial charge in [-0.2, -0.15) is 0 Å². The summed E-state index contributed by atoms with van der Waals surface area (Å²) in [4.78, 5) is 12.0. The van der Waals surface area contributed by atoms with Gasteiger partial charge in [0.05, 0.1) is 25.2 Å². The number of nitrogens with zero attached hydrogens (tertiary/aromatic N) is 1. The zero-order chi connectivity index (χ0) is 15.6. The molecule has 0 heterocycles. The van der Waals surface area contributed by atoms with Crippen LogP contribution >= 0.6 is 0 Å². The minimum absolute atomic E-state index is 0.211. The smallest absolute Gasteiger partial charge is 0.338 e. The van der Waals surface area contributed by atoms with E-state index < -0.39 is 0 Å².